The van der Waals surface area contributed by atoms with Crippen molar-refractivity contribution < 1.29 is 9.78 Å². The lowest BCUT2D eigenvalue weighted by Crippen LogP contribution is -2.53. The molecule has 1 fully saturated rings. The second-order valence-electron chi connectivity index (χ2n) is 2.41. The van der Waals surface area contributed by atoms with Crippen LogP contribution in [0.3, 0.4) is 0 Å². The molecule has 1 rings (SSSR count). The number of nitrogens with one attached hydrogen (secondary N) is 1. The van der Waals surface area contributed by atoms with E-state index in [4.69, 9.17) is 4.89 Å². The second-order valence-corrected chi connectivity index (χ2v) is 2.41. The lowest BCUT2D eigenvalue weighted by molar-refractivity contribution is -0.469. The minimum absolute atomic E-state index is 0.0191. The van der Waals surface area contributed by atoms with Gasteiger partial charge >= 0.3 is 0 Å². The predicted molar refractivity (Wildman–Crippen MR) is 34.0 cm³/mol. The van der Waals surface area contributed by atoms with Crippen molar-refractivity contribution in [2.75, 3.05) is 20.2 Å². The Labute approximate surface area is 55.3 Å². The molecule has 1 saturated heterocycles. The Bertz CT molecular complexity index is 85.5. The monoisotopic (exact) mass is 131 g/mol. The van der Waals surface area contributed by atoms with Gasteiger partial charge in [-0.1, -0.05) is 6.92 Å². The minimum atomic E-state index is -0.0191. The molecule has 0 aliphatic carbocycles. The molecule has 3 nitrogen and oxygen atoms in total. The fourth-order valence-corrected chi connectivity index (χ4v) is 0.914. The molecule has 0 amide bonds. The summed E-state index contributed by atoms with van der Waals surface area (Å²) in [5, 5.41) is 3.06. The summed E-state index contributed by atoms with van der Waals surface area (Å²) in [5.74, 6) is 0. The molecule has 1 heterocycles. The zero-order valence-corrected chi connectivity index (χ0v) is 5.94. The molecule has 0 bridgehead atoms. The molecule has 0 aromatic heterocycles. The Hall–Kier alpha value is -0.120. The van der Waals surface area contributed by atoms with E-state index in [-0.39, 0.29) is 5.60 Å². The van der Waals surface area contributed by atoms with Gasteiger partial charge in [-0.2, -0.15) is 0 Å². The van der Waals surface area contributed by atoms with Crippen molar-refractivity contribution in [1.82, 2.24) is 5.32 Å². The molecule has 9 heavy (non-hydrogen) atoms. The third-order valence-electron chi connectivity index (χ3n) is 1.70. The van der Waals surface area contributed by atoms with Crippen LogP contribution in [0.5, 0.6) is 0 Å². The van der Waals surface area contributed by atoms with E-state index in [9.17, 15) is 0 Å². The van der Waals surface area contributed by atoms with Crippen molar-refractivity contribution in [2.24, 2.45) is 0 Å². The fraction of sp³-hybridized carbons (Fsp3) is 1.00. The number of hydrogen-bond donors (Lipinski definition) is 1. The lowest BCUT2D eigenvalue weighted by atomic mass is 10.0. The van der Waals surface area contributed by atoms with Crippen molar-refractivity contribution >= 4 is 0 Å². The number of rotatable bonds is 3. The number of likely N-dealkylation sites (N-methyl/N-ethyl adjacent to an activating group) is 1. The van der Waals surface area contributed by atoms with Crippen LogP contribution in [0, 0.1) is 0 Å². The van der Waals surface area contributed by atoms with E-state index in [1.54, 1.807) is 0 Å². The molecular weight excluding hydrogens is 118 g/mol. The molecule has 0 aromatic carbocycles. The van der Waals surface area contributed by atoms with Gasteiger partial charge < -0.3 is 5.32 Å². The normalized spacial score (nSPS) is 34.0. The summed E-state index contributed by atoms with van der Waals surface area (Å²) in [6, 6.07) is 0. The molecular formula is C6H13NO2. The summed E-state index contributed by atoms with van der Waals surface area (Å²) in [5.41, 5.74) is -0.0191. The van der Waals surface area contributed by atoms with Gasteiger partial charge in [0.25, 0.3) is 0 Å². The van der Waals surface area contributed by atoms with Crippen LogP contribution in [0.25, 0.3) is 0 Å². The Kier molecular flexibility index (Phi) is 2.05. The Balaban J connectivity index is 2.28. The molecule has 0 radical (unpaired) electrons. The van der Waals surface area contributed by atoms with Crippen LogP contribution in [-0.2, 0) is 9.78 Å². The molecule has 0 saturated carbocycles. The van der Waals surface area contributed by atoms with E-state index in [2.05, 4.69) is 17.1 Å². The third kappa shape index (κ3) is 1.23. The molecule has 1 unspecified atom stereocenters. The Morgan fingerprint density at radius 2 is 2.33 bits per heavy atom. The summed E-state index contributed by atoms with van der Waals surface area (Å²) in [6.07, 6.45) is 1.01. The van der Waals surface area contributed by atoms with Crippen molar-refractivity contribution in [1.29, 1.82) is 0 Å². The third-order valence-corrected chi connectivity index (χ3v) is 1.70. The van der Waals surface area contributed by atoms with Crippen LogP contribution in [0.4, 0.5) is 0 Å². The summed E-state index contributed by atoms with van der Waals surface area (Å²) in [7, 11) is 1.92. The predicted octanol–water partition coefficient (Wildman–Crippen LogP) is 0.316. The van der Waals surface area contributed by atoms with Crippen LogP contribution in [0.15, 0.2) is 0 Å². The minimum Gasteiger partial charge on any atom is -0.317 e. The molecule has 54 valence electrons. The first-order valence-electron chi connectivity index (χ1n) is 3.28. The van der Waals surface area contributed by atoms with E-state index in [0.29, 0.717) is 0 Å². The maximum atomic E-state index is 4.95. The van der Waals surface area contributed by atoms with Crippen LogP contribution in [-0.4, -0.2) is 25.8 Å². The van der Waals surface area contributed by atoms with E-state index in [1.807, 2.05) is 7.05 Å². The van der Waals surface area contributed by atoms with E-state index < -0.39 is 0 Å². The molecule has 1 aliphatic rings. The summed E-state index contributed by atoms with van der Waals surface area (Å²) < 4.78 is 0. The van der Waals surface area contributed by atoms with Crippen LogP contribution < -0.4 is 5.32 Å². The molecule has 0 spiro atoms. The van der Waals surface area contributed by atoms with Gasteiger partial charge in [-0.15, -0.1) is 0 Å². The quantitative estimate of drug-likeness (QED) is 0.559. The standard InChI is InChI=1S/C6H13NO2/c1-3-6(4-7-2)5-8-9-6/h7H,3-5H2,1-2H3. The van der Waals surface area contributed by atoms with Gasteiger partial charge in [-0.25, -0.2) is 9.78 Å². The average Bonchev–Trinajstić information content (AvgIpc) is 1.79. The summed E-state index contributed by atoms with van der Waals surface area (Å²) in [6.45, 7) is 3.70. The zero-order chi connectivity index (χ0) is 6.74. The zero-order valence-electron chi connectivity index (χ0n) is 5.94. The van der Waals surface area contributed by atoms with Gasteiger partial charge in [0, 0.05) is 6.54 Å². The Morgan fingerprint density at radius 3 is 2.44 bits per heavy atom. The first kappa shape index (κ1) is 6.99. The molecule has 3 heteroatoms. The van der Waals surface area contributed by atoms with Gasteiger partial charge in [0.05, 0.1) is 0 Å². The molecule has 1 aliphatic heterocycles. The first-order chi connectivity index (χ1) is 4.33. The highest BCUT2D eigenvalue weighted by Gasteiger charge is 2.38. The van der Waals surface area contributed by atoms with Crippen LogP contribution in [0.1, 0.15) is 13.3 Å². The van der Waals surface area contributed by atoms with Gasteiger partial charge in [0.2, 0.25) is 0 Å². The fourth-order valence-electron chi connectivity index (χ4n) is 0.914. The largest absolute Gasteiger partial charge is 0.317 e. The summed E-state index contributed by atoms with van der Waals surface area (Å²) in [4.78, 5) is 9.59. The van der Waals surface area contributed by atoms with E-state index in [0.717, 1.165) is 19.6 Å². The van der Waals surface area contributed by atoms with Crippen molar-refractivity contribution in [2.45, 2.75) is 18.9 Å². The SMILES string of the molecule is CCC1(CNC)COO1. The van der Waals surface area contributed by atoms with E-state index in [1.165, 1.54) is 0 Å². The first-order valence-corrected chi connectivity index (χ1v) is 3.28. The van der Waals surface area contributed by atoms with Crippen molar-refractivity contribution in [3.8, 4) is 0 Å². The van der Waals surface area contributed by atoms with Crippen LogP contribution in [0.2, 0.25) is 0 Å². The second kappa shape index (κ2) is 2.64. The average molecular weight is 131 g/mol. The highest BCUT2D eigenvalue weighted by molar-refractivity contribution is 4.83. The highest BCUT2D eigenvalue weighted by atomic mass is 17.2. The number of hydrogen-bond acceptors (Lipinski definition) is 3. The maximum Gasteiger partial charge on any atom is 0.142 e. The molecule has 0 aromatic rings. The molecule has 1 atom stereocenters. The topological polar surface area (TPSA) is 30.5 Å². The van der Waals surface area contributed by atoms with E-state index >= 15 is 0 Å². The smallest absolute Gasteiger partial charge is 0.142 e. The molecule has 1 N–H and O–H groups in total. The summed E-state index contributed by atoms with van der Waals surface area (Å²) >= 11 is 0. The van der Waals surface area contributed by atoms with Crippen molar-refractivity contribution in [3.63, 3.8) is 0 Å². The van der Waals surface area contributed by atoms with Gasteiger partial charge in [0.15, 0.2) is 0 Å². The lowest BCUT2D eigenvalue weighted by Gasteiger charge is -2.38. The van der Waals surface area contributed by atoms with Gasteiger partial charge in [-0.05, 0) is 13.5 Å². The van der Waals surface area contributed by atoms with Gasteiger partial charge in [-0.3, -0.25) is 0 Å². The highest BCUT2D eigenvalue weighted by Crippen LogP contribution is 2.24. The van der Waals surface area contributed by atoms with Crippen molar-refractivity contribution in [3.05, 3.63) is 0 Å². The Morgan fingerprint density at radius 1 is 1.67 bits per heavy atom. The van der Waals surface area contributed by atoms with Crippen LogP contribution >= 0.6 is 0 Å². The maximum absolute atomic E-state index is 4.95. The van der Waals surface area contributed by atoms with Gasteiger partial charge in [0.1, 0.15) is 12.2 Å².